The molecule has 1 saturated carbocycles. The van der Waals surface area contributed by atoms with Gasteiger partial charge in [0.25, 0.3) is 5.91 Å². The first kappa shape index (κ1) is 27.3. The van der Waals surface area contributed by atoms with E-state index in [9.17, 15) is 19.5 Å². The molecule has 2 aromatic carbocycles. The molecule has 2 aromatic rings. The summed E-state index contributed by atoms with van der Waals surface area (Å²) < 4.78 is 11.6. The third-order valence-corrected chi connectivity index (χ3v) is 7.04. The van der Waals surface area contributed by atoms with Crippen LogP contribution >= 0.6 is 0 Å². The average molecular weight is 525 g/mol. The summed E-state index contributed by atoms with van der Waals surface area (Å²) in [5, 5.41) is 15.6. The van der Waals surface area contributed by atoms with Gasteiger partial charge in [-0.1, -0.05) is 13.0 Å². The molecule has 1 aliphatic carbocycles. The van der Waals surface area contributed by atoms with Crippen LogP contribution in [0.25, 0.3) is 0 Å². The maximum absolute atomic E-state index is 13.5. The van der Waals surface area contributed by atoms with Crippen molar-refractivity contribution >= 4 is 29.2 Å². The first-order chi connectivity index (χ1) is 18.2. The number of aliphatic hydroxyl groups excluding tert-OH is 1. The summed E-state index contributed by atoms with van der Waals surface area (Å²) in [7, 11) is 3.25. The van der Waals surface area contributed by atoms with Crippen LogP contribution in [0.3, 0.4) is 0 Å². The molecule has 2 aliphatic rings. The highest BCUT2D eigenvalue weighted by molar-refractivity contribution is 6.02. The average Bonchev–Trinajstić information content (AvgIpc) is 3.76. The number of anilines is 2. The van der Waals surface area contributed by atoms with Crippen LogP contribution in [0.2, 0.25) is 0 Å². The third-order valence-electron chi connectivity index (χ3n) is 7.04. The summed E-state index contributed by atoms with van der Waals surface area (Å²) in [5.41, 5.74) is 1.35. The first-order valence-corrected chi connectivity index (χ1v) is 12.9. The van der Waals surface area contributed by atoms with Crippen LogP contribution in [-0.4, -0.2) is 78.8 Å². The lowest BCUT2D eigenvalue weighted by Gasteiger charge is -2.38. The van der Waals surface area contributed by atoms with Gasteiger partial charge in [0.2, 0.25) is 5.91 Å². The molecule has 1 fully saturated rings. The molecule has 10 nitrogen and oxygen atoms in total. The van der Waals surface area contributed by atoms with Gasteiger partial charge in [-0.15, -0.1) is 0 Å². The summed E-state index contributed by atoms with van der Waals surface area (Å²) in [6.07, 6.45) is 1.19. The predicted molar refractivity (Wildman–Crippen MR) is 144 cm³/mol. The summed E-state index contributed by atoms with van der Waals surface area (Å²) >= 11 is 0. The zero-order valence-corrected chi connectivity index (χ0v) is 22.3. The van der Waals surface area contributed by atoms with Gasteiger partial charge in [0, 0.05) is 31.1 Å². The number of urea groups is 1. The Morgan fingerprint density at radius 2 is 1.89 bits per heavy atom. The fourth-order valence-corrected chi connectivity index (χ4v) is 4.39. The lowest BCUT2D eigenvalue weighted by atomic mass is 9.99. The molecule has 0 bridgehead atoms. The molecule has 0 spiro atoms. The number of aliphatic hydroxyl groups is 1. The van der Waals surface area contributed by atoms with E-state index in [2.05, 4.69) is 10.6 Å². The smallest absolute Gasteiger partial charge is 0.321 e. The van der Waals surface area contributed by atoms with Crippen LogP contribution in [0, 0.1) is 11.8 Å². The van der Waals surface area contributed by atoms with E-state index in [0.29, 0.717) is 29.2 Å². The number of amides is 4. The van der Waals surface area contributed by atoms with Gasteiger partial charge in [0.05, 0.1) is 37.6 Å². The van der Waals surface area contributed by atoms with Crippen LogP contribution in [0.15, 0.2) is 42.5 Å². The molecule has 0 unspecified atom stereocenters. The number of likely N-dealkylation sites (N-methyl/N-ethyl adjacent to an activating group) is 1. The van der Waals surface area contributed by atoms with E-state index in [0.717, 1.165) is 12.8 Å². The van der Waals surface area contributed by atoms with Gasteiger partial charge in [-0.25, -0.2) is 4.79 Å². The van der Waals surface area contributed by atoms with Crippen molar-refractivity contribution in [1.82, 2.24) is 9.80 Å². The van der Waals surface area contributed by atoms with Crippen LogP contribution in [0.4, 0.5) is 16.2 Å². The Kier molecular flexibility index (Phi) is 8.41. The highest BCUT2D eigenvalue weighted by Gasteiger charge is 2.36. The number of benzene rings is 2. The quantitative estimate of drug-likeness (QED) is 0.487. The minimum Gasteiger partial charge on any atom is -0.497 e. The van der Waals surface area contributed by atoms with Crippen molar-refractivity contribution < 1.29 is 29.0 Å². The van der Waals surface area contributed by atoms with E-state index < -0.39 is 12.1 Å². The largest absolute Gasteiger partial charge is 0.497 e. The Morgan fingerprint density at radius 1 is 1.18 bits per heavy atom. The van der Waals surface area contributed by atoms with Crippen LogP contribution in [0.5, 0.6) is 11.5 Å². The fourth-order valence-electron chi connectivity index (χ4n) is 4.39. The van der Waals surface area contributed by atoms with Gasteiger partial charge >= 0.3 is 6.03 Å². The van der Waals surface area contributed by atoms with Gasteiger partial charge < -0.3 is 35.0 Å². The summed E-state index contributed by atoms with van der Waals surface area (Å²) in [5.74, 6) is 0.375. The molecule has 0 radical (unpaired) electrons. The number of rotatable bonds is 8. The van der Waals surface area contributed by atoms with Gasteiger partial charge in [0.1, 0.15) is 11.9 Å². The second-order valence-electron chi connectivity index (χ2n) is 10.1. The number of carbonyl (C=O) groups excluding carboxylic acids is 3. The number of fused-ring (bicyclic) bond motifs is 1. The highest BCUT2D eigenvalue weighted by Crippen LogP contribution is 2.37. The molecule has 3 N–H and O–H groups in total. The van der Waals surface area contributed by atoms with Crippen molar-refractivity contribution in [2.24, 2.45) is 11.8 Å². The zero-order valence-electron chi connectivity index (χ0n) is 22.3. The molecule has 0 saturated heterocycles. The lowest BCUT2D eigenvalue weighted by molar-refractivity contribution is -0.117. The van der Waals surface area contributed by atoms with Gasteiger partial charge in [-0.3, -0.25) is 9.59 Å². The normalized spacial score (nSPS) is 19.8. The number of methoxy groups -OCH3 is 1. The molecule has 0 aromatic heterocycles. The Morgan fingerprint density at radius 3 is 2.53 bits per heavy atom. The van der Waals surface area contributed by atoms with Crippen molar-refractivity contribution in [3.63, 3.8) is 0 Å². The highest BCUT2D eigenvalue weighted by atomic mass is 16.5. The molecule has 4 rings (SSSR count). The van der Waals surface area contributed by atoms with E-state index in [1.807, 2.05) is 6.92 Å². The number of ether oxygens (including phenoxy) is 2. The van der Waals surface area contributed by atoms with Gasteiger partial charge in [0.15, 0.2) is 5.75 Å². The number of hydrogen-bond acceptors (Lipinski definition) is 6. The molecule has 1 aliphatic heterocycles. The minimum absolute atomic E-state index is 0.0245. The number of carbonyl (C=O) groups is 3. The molecule has 1 heterocycles. The SMILES string of the molecule is COc1ccc(NC(=O)N(C)C[C@@H]2Oc3c(NC(=O)C4CC4)cccc3C(=O)N([C@@H](C)CO)C[C@H]2C)cc1. The number of nitrogens with zero attached hydrogens (tertiary/aromatic N) is 2. The van der Waals surface area contributed by atoms with Crippen LogP contribution in [0.1, 0.15) is 37.0 Å². The van der Waals surface area contributed by atoms with Crippen molar-refractivity contribution in [3.05, 3.63) is 48.0 Å². The summed E-state index contributed by atoms with van der Waals surface area (Å²) in [6, 6.07) is 11.4. The standard InChI is InChI=1S/C28H36N4O6/c1-17-14-32(18(2)16-33)27(35)22-6-5-7-23(30-26(34)19-8-9-19)25(22)38-24(17)15-31(3)28(36)29-20-10-12-21(37-4)13-11-20/h5-7,10-13,17-19,24,33H,8-9,14-16H2,1-4H3,(H,29,36)(H,30,34)/t17-,18+,24+/m1/s1. The summed E-state index contributed by atoms with van der Waals surface area (Å²) in [4.78, 5) is 42.3. The Labute approximate surface area is 222 Å². The van der Waals surface area contributed by atoms with Crippen LogP contribution in [-0.2, 0) is 4.79 Å². The third kappa shape index (κ3) is 6.19. The molecule has 3 atom stereocenters. The Bertz CT molecular complexity index is 1170. The molecule has 4 amide bonds. The Hall–Kier alpha value is -3.79. The zero-order chi connectivity index (χ0) is 27.4. The molecular formula is C28H36N4O6. The number of hydrogen-bond donors (Lipinski definition) is 3. The lowest BCUT2D eigenvalue weighted by Crippen LogP contribution is -2.50. The summed E-state index contributed by atoms with van der Waals surface area (Å²) in [6.45, 7) is 4.09. The fraction of sp³-hybridized carbons (Fsp3) is 0.464. The van der Waals surface area contributed by atoms with Crippen molar-refractivity contribution in [3.8, 4) is 11.5 Å². The van der Waals surface area contributed by atoms with Crippen molar-refractivity contribution in [2.75, 3.05) is 44.5 Å². The molecular weight excluding hydrogens is 488 g/mol. The van der Waals surface area contributed by atoms with E-state index in [1.165, 1.54) is 4.90 Å². The van der Waals surface area contributed by atoms with E-state index in [-0.39, 0.29) is 48.6 Å². The van der Waals surface area contributed by atoms with Crippen LogP contribution < -0.4 is 20.1 Å². The molecule has 204 valence electrons. The second kappa shape index (κ2) is 11.7. The van der Waals surface area contributed by atoms with E-state index >= 15 is 0 Å². The number of para-hydroxylation sites is 1. The van der Waals surface area contributed by atoms with Gasteiger partial charge in [-0.2, -0.15) is 0 Å². The second-order valence-corrected chi connectivity index (χ2v) is 10.1. The topological polar surface area (TPSA) is 120 Å². The predicted octanol–water partition coefficient (Wildman–Crippen LogP) is 3.43. The van der Waals surface area contributed by atoms with Gasteiger partial charge in [-0.05, 0) is 56.2 Å². The first-order valence-electron chi connectivity index (χ1n) is 12.9. The number of nitrogens with one attached hydrogen (secondary N) is 2. The molecule has 38 heavy (non-hydrogen) atoms. The van der Waals surface area contributed by atoms with E-state index in [1.54, 1.807) is 68.4 Å². The maximum atomic E-state index is 13.5. The van der Waals surface area contributed by atoms with E-state index in [4.69, 9.17) is 9.47 Å². The van der Waals surface area contributed by atoms with Crippen molar-refractivity contribution in [2.45, 2.75) is 38.8 Å². The molecule has 10 heteroatoms. The monoisotopic (exact) mass is 524 g/mol. The minimum atomic E-state index is -0.499. The Balaban J connectivity index is 1.59. The van der Waals surface area contributed by atoms with Crippen molar-refractivity contribution in [1.29, 1.82) is 0 Å². The maximum Gasteiger partial charge on any atom is 0.321 e.